The molecule has 5 atom stereocenters. The molecule has 0 aliphatic carbocycles. The second kappa shape index (κ2) is 16.5. The molecule has 1 rings (SSSR count). The SMILES string of the molecule is CC(O)C(NC(=O)C(N)CCCN=C(N)N)C(=O)NC(Cc1ccc(O)cc1)C(=O)NC(CCC(N)=O)C(=O)O. The van der Waals surface area contributed by atoms with Crippen molar-refractivity contribution >= 4 is 35.6 Å². The molecular formula is C24H38N8O8. The number of aliphatic hydroxyl groups excluding tert-OH is 1. The highest BCUT2D eigenvalue weighted by molar-refractivity contribution is 5.94. The number of nitrogens with one attached hydrogen (secondary N) is 3. The molecule has 0 aliphatic heterocycles. The maximum Gasteiger partial charge on any atom is 0.326 e. The smallest absolute Gasteiger partial charge is 0.326 e. The summed E-state index contributed by atoms with van der Waals surface area (Å²) >= 11 is 0. The van der Waals surface area contributed by atoms with E-state index in [4.69, 9.17) is 22.9 Å². The largest absolute Gasteiger partial charge is 0.508 e. The first kappa shape index (κ1) is 33.6. The first-order valence-corrected chi connectivity index (χ1v) is 12.4. The van der Waals surface area contributed by atoms with Crippen molar-refractivity contribution in [1.82, 2.24) is 16.0 Å². The standard InChI is InChI=1S/C24H38N8O8/c1-12(33)19(32-20(36)15(25)3-2-10-29-24(27)28)22(38)31-17(11-13-4-6-14(34)7-5-13)21(37)30-16(23(39)40)8-9-18(26)35/h4-7,12,15-17,19,33-34H,2-3,8-11,25H2,1H3,(H2,26,35)(H,30,37)(H,31,38)(H,32,36)(H,39,40)(H4,27,28,29). The van der Waals surface area contributed by atoms with Crippen LogP contribution in [-0.4, -0.2) is 87.7 Å². The molecule has 40 heavy (non-hydrogen) atoms. The van der Waals surface area contributed by atoms with Gasteiger partial charge in [0.1, 0.15) is 23.9 Å². The number of hydrogen-bond donors (Lipinski definition) is 10. The highest BCUT2D eigenvalue weighted by Gasteiger charge is 2.32. The van der Waals surface area contributed by atoms with Crippen molar-refractivity contribution in [2.24, 2.45) is 27.9 Å². The minimum absolute atomic E-state index is 0.0438. The quantitative estimate of drug-likeness (QED) is 0.0501. The summed E-state index contributed by atoms with van der Waals surface area (Å²) in [5, 5.41) is 36.2. The maximum atomic E-state index is 13.1. The van der Waals surface area contributed by atoms with E-state index < -0.39 is 59.9 Å². The fraction of sp³-hybridized carbons (Fsp3) is 0.500. The number of phenols is 1. The number of nitrogens with two attached hydrogens (primary N) is 4. The lowest BCUT2D eigenvalue weighted by molar-refractivity contribution is -0.142. The number of carbonyl (C=O) groups is 5. The number of carboxylic acids is 1. The molecule has 0 bridgehead atoms. The number of nitrogens with zero attached hydrogens (tertiary/aromatic N) is 1. The highest BCUT2D eigenvalue weighted by Crippen LogP contribution is 2.12. The van der Waals surface area contributed by atoms with E-state index in [9.17, 15) is 39.3 Å². The molecule has 0 saturated heterocycles. The van der Waals surface area contributed by atoms with E-state index in [0.29, 0.717) is 12.0 Å². The number of guanidine groups is 1. The molecule has 4 amide bonds. The van der Waals surface area contributed by atoms with Gasteiger partial charge in [0.25, 0.3) is 0 Å². The third-order valence-corrected chi connectivity index (χ3v) is 5.67. The number of aliphatic imine (C=N–C) groups is 1. The molecule has 0 aromatic heterocycles. The van der Waals surface area contributed by atoms with Crippen LogP contribution in [0.4, 0.5) is 0 Å². The number of benzene rings is 1. The Morgan fingerprint density at radius 3 is 2.02 bits per heavy atom. The zero-order chi connectivity index (χ0) is 30.4. The van der Waals surface area contributed by atoms with Crippen LogP contribution in [0.25, 0.3) is 0 Å². The number of aliphatic hydroxyl groups is 1. The van der Waals surface area contributed by atoms with Crippen molar-refractivity contribution in [3.8, 4) is 5.75 Å². The molecule has 0 radical (unpaired) electrons. The summed E-state index contributed by atoms with van der Waals surface area (Å²) in [5.41, 5.74) is 21.9. The predicted molar refractivity (Wildman–Crippen MR) is 143 cm³/mol. The van der Waals surface area contributed by atoms with Crippen molar-refractivity contribution in [3.63, 3.8) is 0 Å². The Morgan fingerprint density at radius 1 is 0.900 bits per heavy atom. The fourth-order valence-corrected chi connectivity index (χ4v) is 3.47. The molecule has 0 spiro atoms. The van der Waals surface area contributed by atoms with Crippen LogP contribution in [0, 0.1) is 0 Å². The third-order valence-electron chi connectivity index (χ3n) is 5.67. The molecule has 0 heterocycles. The number of rotatable bonds is 17. The van der Waals surface area contributed by atoms with E-state index in [2.05, 4.69) is 20.9 Å². The van der Waals surface area contributed by atoms with Crippen LogP contribution < -0.4 is 38.9 Å². The second-order valence-corrected chi connectivity index (χ2v) is 9.12. The molecule has 0 saturated carbocycles. The van der Waals surface area contributed by atoms with Gasteiger partial charge in [0, 0.05) is 19.4 Å². The normalized spacial score (nSPS) is 14.5. The van der Waals surface area contributed by atoms with Crippen LogP contribution in [0.15, 0.2) is 29.3 Å². The summed E-state index contributed by atoms with van der Waals surface area (Å²) in [6, 6.07) is 0.246. The van der Waals surface area contributed by atoms with Gasteiger partial charge < -0.3 is 54.2 Å². The van der Waals surface area contributed by atoms with Gasteiger partial charge in [0.05, 0.1) is 12.1 Å². The molecule has 1 aromatic rings. The van der Waals surface area contributed by atoms with Crippen LogP contribution in [0.2, 0.25) is 0 Å². The average Bonchev–Trinajstić information content (AvgIpc) is 2.87. The molecule has 222 valence electrons. The predicted octanol–water partition coefficient (Wildman–Crippen LogP) is -3.50. The minimum Gasteiger partial charge on any atom is -0.508 e. The lowest BCUT2D eigenvalue weighted by Gasteiger charge is -2.26. The number of phenolic OH excluding ortho intramolecular Hbond substituents is 1. The number of aromatic hydroxyl groups is 1. The first-order chi connectivity index (χ1) is 18.7. The zero-order valence-corrected chi connectivity index (χ0v) is 22.1. The summed E-state index contributed by atoms with van der Waals surface area (Å²) in [7, 11) is 0. The van der Waals surface area contributed by atoms with Gasteiger partial charge >= 0.3 is 5.97 Å². The van der Waals surface area contributed by atoms with E-state index in [1.165, 1.54) is 31.2 Å². The van der Waals surface area contributed by atoms with E-state index >= 15 is 0 Å². The average molecular weight is 567 g/mol. The molecule has 14 N–H and O–H groups in total. The van der Waals surface area contributed by atoms with E-state index in [1.807, 2.05) is 0 Å². The second-order valence-electron chi connectivity index (χ2n) is 9.12. The van der Waals surface area contributed by atoms with E-state index in [1.54, 1.807) is 0 Å². The van der Waals surface area contributed by atoms with Gasteiger partial charge in [-0.2, -0.15) is 0 Å². The Morgan fingerprint density at radius 2 is 1.50 bits per heavy atom. The van der Waals surface area contributed by atoms with Crippen molar-refractivity contribution < 1.29 is 39.3 Å². The van der Waals surface area contributed by atoms with Gasteiger partial charge in [0.15, 0.2) is 5.96 Å². The first-order valence-electron chi connectivity index (χ1n) is 12.4. The summed E-state index contributed by atoms with van der Waals surface area (Å²) in [4.78, 5) is 65.2. The monoisotopic (exact) mass is 566 g/mol. The van der Waals surface area contributed by atoms with Crippen molar-refractivity contribution in [2.75, 3.05) is 6.54 Å². The lowest BCUT2D eigenvalue weighted by atomic mass is 10.0. The zero-order valence-electron chi connectivity index (χ0n) is 22.1. The van der Waals surface area contributed by atoms with Gasteiger partial charge in [-0.25, -0.2) is 4.79 Å². The minimum atomic E-state index is -1.52. The summed E-state index contributed by atoms with van der Waals surface area (Å²) < 4.78 is 0. The summed E-state index contributed by atoms with van der Waals surface area (Å²) in [6.07, 6.45) is -1.61. The molecule has 16 nitrogen and oxygen atoms in total. The summed E-state index contributed by atoms with van der Waals surface area (Å²) in [5.74, 6) is -4.95. The van der Waals surface area contributed by atoms with Crippen molar-refractivity contribution in [2.45, 2.75) is 69.3 Å². The third kappa shape index (κ3) is 12.4. The molecule has 0 fully saturated rings. The number of primary amides is 1. The van der Waals surface area contributed by atoms with Crippen molar-refractivity contribution in [1.29, 1.82) is 0 Å². The Labute approximate surface area is 230 Å². The molecule has 16 heteroatoms. The van der Waals surface area contributed by atoms with E-state index in [-0.39, 0.29) is 43.9 Å². The van der Waals surface area contributed by atoms with Gasteiger partial charge in [-0.1, -0.05) is 12.1 Å². The Kier molecular flexibility index (Phi) is 13.9. The van der Waals surface area contributed by atoms with Gasteiger partial charge in [-0.3, -0.25) is 24.2 Å². The van der Waals surface area contributed by atoms with Gasteiger partial charge in [-0.05, 0) is 43.9 Å². The molecular weight excluding hydrogens is 528 g/mol. The molecule has 1 aromatic carbocycles. The number of aliphatic carboxylic acids is 1. The number of carboxylic acid groups (broad SMARTS) is 1. The Bertz CT molecular complexity index is 1060. The fourth-order valence-electron chi connectivity index (χ4n) is 3.47. The van der Waals surface area contributed by atoms with Gasteiger partial charge in [-0.15, -0.1) is 0 Å². The molecule has 5 unspecified atom stereocenters. The topological polar surface area (TPSA) is 299 Å². The Hall–Kier alpha value is -4.44. The van der Waals surface area contributed by atoms with Crippen LogP contribution in [0.5, 0.6) is 5.75 Å². The number of amides is 4. The van der Waals surface area contributed by atoms with Crippen LogP contribution in [0.1, 0.15) is 38.2 Å². The van der Waals surface area contributed by atoms with Crippen LogP contribution in [0.3, 0.4) is 0 Å². The maximum absolute atomic E-state index is 13.1. The van der Waals surface area contributed by atoms with Crippen molar-refractivity contribution in [3.05, 3.63) is 29.8 Å². The van der Waals surface area contributed by atoms with E-state index in [0.717, 1.165) is 0 Å². The summed E-state index contributed by atoms with van der Waals surface area (Å²) in [6.45, 7) is 1.47. The lowest BCUT2D eigenvalue weighted by Crippen LogP contribution is -2.60. The number of carbonyl (C=O) groups excluding carboxylic acids is 4. The van der Waals surface area contributed by atoms with Crippen LogP contribution in [-0.2, 0) is 30.4 Å². The molecule has 0 aliphatic rings. The van der Waals surface area contributed by atoms with Crippen LogP contribution >= 0.6 is 0 Å². The Balaban J connectivity index is 3.05. The highest BCUT2D eigenvalue weighted by atomic mass is 16.4. The van der Waals surface area contributed by atoms with Gasteiger partial charge in [0.2, 0.25) is 23.6 Å². The number of hydrogen-bond acceptors (Lipinski definition) is 9.